The summed E-state index contributed by atoms with van der Waals surface area (Å²) in [6.07, 6.45) is 7.22. The van der Waals surface area contributed by atoms with Crippen molar-refractivity contribution in [3.8, 4) is 0 Å². The van der Waals surface area contributed by atoms with Gasteiger partial charge in [-0.25, -0.2) is 0 Å². The number of rotatable bonds is 2. The van der Waals surface area contributed by atoms with Gasteiger partial charge in [-0.1, -0.05) is 6.42 Å². The standard InChI is InChI=1S/C13H25N3/c1-2-9-15(8-1)12-4-3-5-13(12)16-10-6-14-7-11-16/h12-14H,1-11H2/t12-,13-/m0/s1. The first-order valence-corrected chi connectivity index (χ1v) is 7.14. The van der Waals surface area contributed by atoms with Gasteiger partial charge in [-0.2, -0.15) is 0 Å². The Balaban J connectivity index is 1.63. The Labute approximate surface area is 99.2 Å². The van der Waals surface area contributed by atoms with Crippen molar-refractivity contribution in [1.82, 2.24) is 15.1 Å². The third-order valence-corrected chi connectivity index (χ3v) is 4.67. The second-order valence-corrected chi connectivity index (χ2v) is 5.59. The maximum atomic E-state index is 3.47. The highest BCUT2D eigenvalue weighted by Crippen LogP contribution is 2.30. The molecule has 3 aliphatic rings. The van der Waals surface area contributed by atoms with E-state index in [0.29, 0.717) is 0 Å². The summed E-state index contributed by atoms with van der Waals surface area (Å²) in [6.45, 7) is 7.68. The second-order valence-electron chi connectivity index (χ2n) is 5.59. The molecule has 0 spiro atoms. The Kier molecular flexibility index (Phi) is 3.46. The highest BCUT2D eigenvalue weighted by atomic mass is 15.3. The molecule has 1 aliphatic carbocycles. The molecular formula is C13H25N3. The normalized spacial score (nSPS) is 38.2. The van der Waals surface area contributed by atoms with Crippen molar-refractivity contribution in [2.24, 2.45) is 0 Å². The number of nitrogens with zero attached hydrogens (tertiary/aromatic N) is 2. The molecule has 0 unspecified atom stereocenters. The van der Waals surface area contributed by atoms with Crippen LogP contribution < -0.4 is 5.32 Å². The van der Waals surface area contributed by atoms with Crippen molar-refractivity contribution in [3.63, 3.8) is 0 Å². The SMILES string of the molecule is C1C[C@H](N2CCCC2)[C@@H](N2CCNCC2)C1. The second kappa shape index (κ2) is 5.03. The monoisotopic (exact) mass is 223 g/mol. The van der Waals surface area contributed by atoms with Gasteiger partial charge in [0.25, 0.3) is 0 Å². The third kappa shape index (κ3) is 2.13. The topological polar surface area (TPSA) is 18.5 Å². The molecule has 2 aliphatic heterocycles. The minimum atomic E-state index is 0.875. The molecular weight excluding hydrogens is 198 g/mol. The number of hydrogen-bond donors (Lipinski definition) is 1. The number of hydrogen-bond acceptors (Lipinski definition) is 3. The lowest BCUT2D eigenvalue weighted by atomic mass is 10.1. The van der Waals surface area contributed by atoms with Gasteiger partial charge in [0.15, 0.2) is 0 Å². The minimum absolute atomic E-state index is 0.875. The average molecular weight is 223 g/mol. The van der Waals surface area contributed by atoms with Gasteiger partial charge in [0.1, 0.15) is 0 Å². The zero-order valence-corrected chi connectivity index (χ0v) is 10.3. The Bertz CT molecular complexity index is 219. The Morgan fingerprint density at radius 1 is 0.688 bits per heavy atom. The van der Waals surface area contributed by atoms with Crippen molar-refractivity contribution >= 4 is 0 Å². The van der Waals surface area contributed by atoms with Crippen LogP contribution in [0.15, 0.2) is 0 Å². The molecule has 3 heteroatoms. The molecule has 92 valence electrons. The van der Waals surface area contributed by atoms with Crippen LogP contribution in [0.5, 0.6) is 0 Å². The van der Waals surface area contributed by atoms with E-state index >= 15 is 0 Å². The van der Waals surface area contributed by atoms with E-state index < -0.39 is 0 Å². The third-order valence-electron chi connectivity index (χ3n) is 4.67. The molecule has 3 nitrogen and oxygen atoms in total. The summed E-state index contributed by atoms with van der Waals surface area (Å²) >= 11 is 0. The summed E-state index contributed by atoms with van der Waals surface area (Å²) in [6, 6.07) is 1.76. The van der Waals surface area contributed by atoms with Crippen LogP contribution in [-0.2, 0) is 0 Å². The lowest BCUT2D eigenvalue weighted by Gasteiger charge is -2.39. The van der Waals surface area contributed by atoms with E-state index in [1.165, 1.54) is 71.4 Å². The quantitative estimate of drug-likeness (QED) is 0.751. The molecule has 2 atom stereocenters. The molecule has 2 heterocycles. The summed E-state index contributed by atoms with van der Waals surface area (Å²) in [5, 5.41) is 3.47. The Morgan fingerprint density at radius 3 is 1.88 bits per heavy atom. The van der Waals surface area contributed by atoms with Gasteiger partial charge in [0, 0.05) is 38.3 Å². The summed E-state index contributed by atoms with van der Waals surface area (Å²) in [4.78, 5) is 5.53. The predicted molar refractivity (Wildman–Crippen MR) is 66.7 cm³/mol. The first kappa shape index (κ1) is 11.0. The fourth-order valence-electron chi connectivity index (χ4n) is 3.86. The van der Waals surface area contributed by atoms with Crippen LogP contribution in [0.1, 0.15) is 32.1 Å². The molecule has 3 rings (SSSR count). The van der Waals surface area contributed by atoms with Crippen LogP contribution >= 0.6 is 0 Å². The van der Waals surface area contributed by atoms with Gasteiger partial charge >= 0.3 is 0 Å². The molecule has 1 N–H and O–H groups in total. The highest BCUT2D eigenvalue weighted by molar-refractivity contribution is 4.94. The van der Waals surface area contributed by atoms with Gasteiger partial charge in [0.05, 0.1) is 0 Å². The molecule has 2 saturated heterocycles. The maximum absolute atomic E-state index is 3.47. The molecule has 0 aromatic rings. The van der Waals surface area contributed by atoms with Gasteiger partial charge in [-0.3, -0.25) is 9.80 Å². The molecule has 3 fully saturated rings. The van der Waals surface area contributed by atoms with Crippen molar-refractivity contribution in [2.45, 2.75) is 44.2 Å². The van der Waals surface area contributed by atoms with Crippen LogP contribution in [0.2, 0.25) is 0 Å². The zero-order chi connectivity index (χ0) is 10.8. The van der Waals surface area contributed by atoms with Crippen molar-refractivity contribution < 1.29 is 0 Å². The molecule has 0 aromatic carbocycles. The average Bonchev–Trinajstić information content (AvgIpc) is 3.01. The zero-order valence-electron chi connectivity index (χ0n) is 10.3. The number of nitrogens with one attached hydrogen (secondary N) is 1. The van der Waals surface area contributed by atoms with Crippen LogP contribution in [0.4, 0.5) is 0 Å². The van der Waals surface area contributed by atoms with Gasteiger partial charge in [-0.05, 0) is 38.8 Å². The van der Waals surface area contributed by atoms with Crippen LogP contribution in [0.25, 0.3) is 0 Å². The Hall–Kier alpha value is -0.120. The van der Waals surface area contributed by atoms with Crippen molar-refractivity contribution in [2.75, 3.05) is 39.3 Å². The molecule has 16 heavy (non-hydrogen) atoms. The van der Waals surface area contributed by atoms with Crippen LogP contribution in [-0.4, -0.2) is 61.2 Å². The van der Waals surface area contributed by atoms with E-state index in [1.807, 2.05) is 0 Å². The summed E-state index contributed by atoms with van der Waals surface area (Å²) in [7, 11) is 0. The van der Waals surface area contributed by atoms with E-state index in [-0.39, 0.29) is 0 Å². The molecule has 0 bridgehead atoms. The lowest BCUT2D eigenvalue weighted by molar-refractivity contribution is 0.101. The summed E-state index contributed by atoms with van der Waals surface area (Å²) in [5.41, 5.74) is 0. The first-order valence-electron chi connectivity index (χ1n) is 7.14. The van der Waals surface area contributed by atoms with E-state index in [0.717, 1.165) is 12.1 Å². The number of likely N-dealkylation sites (tertiary alicyclic amines) is 1. The van der Waals surface area contributed by atoms with Crippen molar-refractivity contribution in [3.05, 3.63) is 0 Å². The fourth-order valence-corrected chi connectivity index (χ4v) is 3.86. The van der Waals surface area contributed by atoms with E-state index in [4.69, 9.17) is 0 Å². The first-order chi connectivity index (χ1) is 7.95. The van der Waals surface area contributed by atoms with E-state index in [2.05, 4.69) is 15.1 Å². The maximum Gasteiger partial charge on any atom is 0.0252 e. The predicted octanol–water partition coefficient (Wildman–Crippen LogP) is 0.909. The van der Waals surface area contributed by atoms with Crippen LogP contribution in [0.3, 0.4) is 0 Å². The lowest BCUT2D eigenvalue weighted by Crippen LogP contribution is -2.54. The smallest absolute Gasteiger partial charge is 0.0252 e. The van der Waals surface area contributed by atoms with E-state index in [1.54, 1.807) is 0 Å². The van der Waals surface area contributed by atoms with Gasteiger partial charge in [-0.15, -0.1) is 0 Å². The Morgan fingerprint density at radius 2 is 1.25 bits per heavy atom. The minimum Gasteiger partial charge on any atom is -0.314 e. The fraction of sp³-hybridized carbons (Fsp3) is 1.00. The largest absolute Gasteiger partial charge is 0.314 e. The molecule has 0 aromatic heterocycles. The van der Waals surface area contributed by atoms with E-state index in [9.17, 15) is 0 Å². The summed E-state index contributed by atoms with van der Waals surface area (Å²) in [5.74, 6) is 0. The van der Waals surface area contributed by atoms with Gasteiger partial charge in [0.2, 0.25) is 0 Å². The summed E-state index contributed by atoms with van der Waals surface area (Å²) < 4.78 is 0. The van der Waals surface area contributed by atoms with Gasteiger partial charge < -0.3 is 5.32 Å². The molecule has 0 radical (unpaired) electrons. The molecule has 1 saturated carbocycles. The molecule has 0 amide bonds. The van der Waals surface area contributed by atoms with Crippen LogP contribution in [0, 0.1) is 0 Å². The highest BCUT2D eigenvalue weighted by Gasteiger charge is 2.36. The van der Waals surface area contributed by atoms with Crippen molar-refractivity contribution in [1.29, 1.82) is 0 Å². The number of piperazine rings is 1.